The molecule has 0 bridgehead atoms. The average Bonchev–Trinajstić information content (AvgIpc) is 3.24. The van der Waals surface area contributed by atoms with Crippen molar-refractivity contribution in [2.45, 2.75) is 91.3 Å². The van der Waals surface area contributed by atoms with Gasteiger partial charge in [0, 0.05) is 28.8 Å². The highest BCUT2D eigenvalue weighted by Crippen LogP contribution is 2.44. The average molecular weight is 519 g/mol. The number of aryl methyl sites for hydroxylation is 1. The summed E-state index contributed by atoms with van der Waals surface area (Å²) >= 11 is 0. The second-order valence-corrected chi connectivity index (χ2v) is 10.3. The van der Waals surface area contributed by atoms with E-state index in [1.165, 1.54) is 12.1 Å². The Morgan fingerprint density at radius 2 is 1.61 bits per heavy atom. The summed E-state index contributed by atoms with van der Waals surface area (Å²) in [6.45, 7) is 12.4. The molecule has 2 heterocycles. The fraction of sp³-hybridized carbons (Fsp3) is 0.452. The number of nitrogens with one attached hydrogen (secondary N) is 1. The third-order valence-corrected chi connectivity index (χ3v) is 7.94. The minimum absolute atomic E-state index is 0.0572. The monoisotopic (exact) mass is 518 g/mol. The lowest BCUT2D eigenvalue weighted by molar-refractivity contribution is -0.121. The summed E-state index contributed by atoms with van der Waals surface area (Å²) in [5.74, 6) is -0.684. The number of hydrogen-bond donors (Lipinski definition) is 1. The SMILES string of the molecule is CCC(CC)N1C(=O)[C@@H](NC(=O)c2cccc(C)c2)[C@@H](c2ccc(F)cc2)c2c1nn(C(CC)CC)c2C. The van der Waals surface area contributed by atoms with Crippen molar-refractivity contribution in [3.8, 4) is 0 Å². The predicted molar refractivity (Wildman–Crippen MR) is 149 cm³/mol. The van der Waals surface area contributed by atoms with Crippen LogP contribution in [0, 0.1) is 19.7 Å². The van der Waals surface area contributed by atoms with Crippen LogP contribution < -0.4 is 10.2 Å². The quantitative estimate of drug-likeness (QED) is 0.353. The molecule has 0 spiro atoms. The van der Waals surface area contributed by atoms with E-state index in [0.717, 1.165) is 48.1 Å². The summed E-state index contributed by atoms with van der Waals surface area (Å²) in [6.07, 6.45) is 3.34. The Morgan fingerprint density at radius 3 is 2.18 bits per heavy atom. The number of rotatable bonds is 9. The number of aromatic nitrogens is 2. The molecule has 0 radical (unpaired) electrons. The number of carbonyl (C=O) groups is 2. The normalized spacial score (nSPS) is 17.3. The second-order valence-electron chi connectivity index (χ2n) is 10.3. The third kappa shape index (κ3) is 4.98. The maximum Gasteiger partial charge on any atom is 0.252 e. The van der Waals surface area contributed by atoms with Crippen LogP contribution >= 0.6 is 0 Å². The Balaban J connectivity index is 1.94. The first-order chi connectivity index (χ1) is 18.2. The lowest BCUT2D eigenvalue weighted by Gasteiger charge is -2.41. The van der Waals surface area contributed by atoms with Crippen molar-refractivity contribution in [3.63, 3.8) is 0 Å². The molecule has 1 aromatic heterocycles. The van der Waals surface area contributed by atoms with Gasteiger partial charge in [-0.15, -0.1) is 0 Å². The van der Waals surface area contributed by atoms with Crippen LogP contribution in [0.5, 0.6) is 0 Å². The van der Waals surface area contributed by atoms with Crippen molar-refractivity contribution in [1.29, 1.82) is 0 Å². The van der Waals surface area contributed by atoms with Crippen molar-refractivity contribution in [3.05, 3.63) is 82.3 Å². The molecule has 6 nitrogen and oxygen atoms in total. The number of halogens is 1. The summed E-state index contributed by atoms with van der Waals surface area (Å²) in [7, 11) is 0. The molecule has 3 aromatic rings. The predicted octanol–water partition coefficient (Wildman–Crippen LogP) is 6.47. The molecule has 0 saturated carbocycles. The minimum atomic E-state index is -0.861. The molecular formula is C31H39FN4O2. The van der Waals surface area contributed by atoms with Gasteiger partial charge < -0.3 is 5.32 Å². The topological polar surface area (TPSA) is 67.2 Å². The van der Waals surface area contributed by atoms with E-state index in [1.54, 1.807) is 18.2 Å². The van der Waals surface area contributed by atoms with Crippen molar-refractivity contribution in [1.82, 2.24) is 15.1 Å². The van der Waals surface area contributed by atoms with Crippen LogP contribution in [0.3, 0.4) is 0 Å². The maximum atomic E-state index is 14.3. The number of amides is 2. The first-order valence-electron chi connectivity index (χ1n) is 13.8. The van der Waals surface area contributed by atoms with Crippen LogP contribution in [0.2, 0.25) is 0 Å². The smallest absolute Gasteiger partial charge is 0.252 e. The zero-order chi connectivity index (χ0) is 27.6. The lowest BCUT2D eigenvalue weighted by atomic mass is 9.80. The molecule has 0 unspecified atom stereocenters. The molecule has 7 heteroatoms. The van der Waals surface area contributed by atoms with Crippen molar-refractivity contribution in [2.24, 2.45) is 0 Å². The number of anilines is 1. The van der Waals surface area contributed by atoms with Gasteiger partial charge in [0.05, 0.1) is 6.04 Å². The number of carbonyl (C=O) groups excluding carboxylic acids is 2. The maximum absolute atomic E-state index is 14.3. The van der Waals surface area contributed by atoms with Crippen molar-refractivity contribution in [2.75, 3.05) is 4.90 Å². The Hall–Kier alpha value is -3.48. The van der Waals surface area contributed by atoms with E-state index in [2.05, 4.69) is 37.7 Å². The van der Waals surface area contributed by atoms with Gasteiger partial charge in [-0.1, -0.05) is 57.5 Å². The highest BCUT2D eigenvalue weighted by Gasteiger charge is 2.47. The molecule has 202 valence electrons. The van der Waals surface area contributed by atoms with Gasteiger partial charge in [-0.3, -0.25) is 19.2 Å². The van der Waals surface area contributed by atoms with Gasteiger partial charge >= 0.3 is 0 Å². The van der Waals surface area contributed by atoms with Gasteiger partial charge in [-0.2, -0.15) is 5.10 Å². The number of hydrogen-bond acceptors (Lipinski definition) is 3. The zero-order valence-corrected chi connectivity index (χ0v) is 23.3. The number of benzene rings is 2. The Kier molecular flexibility index (Phi) is 8.34. The molecule has 2 aromatic carbocycles. The number of fused-ring (bicyclic) bond motifs is 1. The fourth-order valence-electron chi connectivity index (χ4n) is 5.80. The summed E-state index contributed by atoms with van der Waals surface area (Å²) in [4.78, 5) is 29.7. The first-order valence-corrected chi connectivity index (χ1v) is 13.8. The molecule has 0 fully saturated rings. The summed E-state index contributed by atoms with van der Waals surface area (Å²) < 4.78 is 16.0. The van der Waals surface area contributed by atoms with E-state index in [1.807, 2.05) is 36.9 Å². The van der Waals surface area contributed by atoms with Gasteiger partial charge in [0.15, 0.2) is 5.82 Å². The molecule has 4 rings (SSSR count). The Labute approximate surface area is 225 Å². The molecular weight excluding hydrogens is 479 g/mol. The highest BCUT2D eigenvalue weighted by molar-refractivity contribution is 6.05. The van der Waals surface area contributed by atoms with Gasteiger partial charge in [-0.05, 0) is 69.4 Å². The van der Waals surface area contributed by atoms with Gasteiger partial charge in [-0.25, -0.2) is 4.39 Å². The molecule has 1 N–H and O–H groups in total. The van der Waals surface area contributed by atoms with E-state index in [-0.39, 0.29) is 29.7 Å². The minimum Gasteiger partial charge on any atom is -0.339 e. The van der Waals surface area contributed by atoms with Gasteiger partial charge in [0.1, 0.15) is 11.9 Å². The van der Waals surface area contributed by atoms with Crippen LogP contribution in [0.4, 0.5) is 10.2 Å². The van der Waals surface area contributed by atoms with Crippen LogP contribution in [0.15, 0.2) is 48.5 Å². The van der Waals surface area contributed by atoms with E-state index in [0.29, 0.717) is 11.4 Å². The van der Waals surface area contributed by atoms with Crippen molar-refractivity contribution >= 4 is 17.6 Å². The van der Waals surface area contributed by atoms with Crippen LogP contribution in [-0.4, -0.2) is 33.7 Å². The van der Waals surface area contributed by atoms with Gasteiger partial charge in [0.25, 0.3) is 11.8 Å². The summed E-state index contributed by atoms with van der Waals surface area (Å²) in [6, 6.07) is 12.8. The Morgan fingerprint density at radius 1 is 0.974 bits per heavy atom. The molecule has 0 saturated heterocycles. The first kappa shape index (κ1) is 27.6. The number of nitrogens with zero attached hydrogens (tertiary/aromatic N) is 3. The van der Waals surface area contributed by atoms with E-state index >= 15 is 0 Å². The fourth-order valence-corrected chi connectivity index (χ4v) is 5.80. The molecule has 1 aliphatic rings. The van der Waals surface area contributed by atoms with Crippen LogP contribution in [0.1, 0.15) is 98.1 Å². The van der Waals surface area contributed by atoms with E-state index in [9.17, 15) is 14.0 Å². The molecule has 0 aliphatic carbocycles. The summed E-state index contributed by atoms with van der Waals surface area (Å²) in [5, 5.41) is 8.13. The largest absolute Gasteiger partial charge is 0.339 e. The third-order valence-electron chi connectivity index (χ3n) is 7.94. The zero-order valence-electron chi connectivity index (χ0n) is 23.3. The molecule has 2 amide bonds. The van der Waals surface area contributed by atoms with Crippen LogP contribution in [0.25, 0.3) is 0 Å². The van der Waals surface area contributed by atoms with Crippen LogP contribution in [-0.2, 0) is 4.79 Å². The second kappa shape index (κ2) is 11.5. The van der Waals surface area contributed by atoms with E-state index < -0.39 is 12.0 Å². The highest BCUT2D eigenvalue weighted by atomic mass is 19.1. The van der Waals surface area contributed by atoms with E-state index in [4.69, 9.17) is 5.10 Å². The standard InChI is InChI=1S/C31H39FN4O2/c1-7-24(8-2)35-29-26(20(6)36(34-29)25(9-3)10-4)27(21-14-16-23(32)17-15-21)28(31(35)38)33-30(37)22-13-11-12-19(5)18-22/h11-18,24-25,27-28H,7-10H2,1-6H3,(H,33,37)/t27-,28-/m0/s1. The molecule has 1 aliphatic heterocycles. The molecule has 2 atom stereocenters. The van der Waals surface area contributed by atoms with Gasteiger partial charge in [0.2, 0.25) is 0 Å². The van der Waals surface area contributed by atoms with Crippen molar-refractivity contribution < 1.29 is 14.0 Å². The molecule has 38 heavy (non-hydrogen) atoms. The summed E-state index contributed by atoms with van der Waals surface area (Å²) in [5.41, 5.74) is 4.13. The lowest BCUT2D eigenvalue weighted by Crippen LogP contribution is -2.57. The Bertz CT molecular complexity index is 1290.